The molecule has 25 heteroatoms. The summed E-state index contributed by atoms with van der Waals surface area (Å²) in [6.07, 6.45) is -20.0. The minimum absolute atomic E-state index is 0.111. The molecule has 12 rings (SSSR count). The summed E-state index contributed by atoms with van der Waals surface area (Å²) in [4.78, 5) is 1.83. The largest absolute Gasteiger partial charge is 0.394 e. The van der Waals surface area contributed by atoms with Gasteiger partial charge in [0, 0.05) is 38.1 Å². The summed E-state index contributed by atoms with van der Waals surface area (Å²) < 4.78 is 46.7. The molecule has 0 saturated carbocycles. The monoisotopic (exact) mass is 931 g/mol. The van der Waals surface area contributed by atoms with Crippen molar-refractivity contribution in [2.24, 2.45) is 11.8 Å². The smallest absolute Gasteiger partial charge is 0.186 e. The van der Waals surface area contributed by atoms with E-state index < -0.39 is 136 Å². The molecule has 12 aliphatic heterocycles. The molecule has 23 nitrogen and oxygen atoms in total. The normalized spacial score (nSPS) is 44.3. The van der Waals surface area contributed by atoms with Crippen molar-refractivity contribution in [1.82, 2.24) is 26.2 Å². The molecule has 12 aliphatic rings. The first-order valence-corrected chi connectivity index (χ1v) is 22.1. The highest BCUT2D eigenvalue weighted by Gasteiger charge is 2.53. The van der Waals surface area contributed by atoms with Crippen LogP contribution in [0.15, 0.2) is 0 Å². The Morgan fingerprint density at radius 3 is 1.24 bits per heavy atom. The summed E-state index contributed by atoms with van der Waals surface area (Å²) >= 11 is 11.1. The Bertz CT molecular complexity index is 1320. The maximum atomic E-state index is 11.2. The first-order chi connectivity index (χ1) is 29.7. The van der Waals surface area contributed by atoms with Gasteiger partial charge in [-0.2, -0.15) is 0 Å². The molecule has 8 bridgehead atoms. The fourth-order valence-electron chi connectivity index (χ4n) is 8.68. The van der Waals surface area contributed by atoms with Crippen LogP contribution in [0.4, 0.5) is 0 Å². The van der Waals surface area contributed by atoms with Gasteiger partial charge in [0.1, 0.15) is 61.0 Å². The molecular weight excluding hydrogens is 867 g/mol. The van der Waals surface area contributed by atoms with Gasteiger partial charge in [0.05, 0.1) is 51.0 Å². The van der Waals surface area contributed by atoms with Gasteiger partial charge in [0.15, 0.2) is 35.4 Å². The third kappa shape index (κ3) is 12.1. The predicted octanol–water partition coefficient (Wildman–Crippen LogP) is -6.06. The number of nitrogens with zero attached hydrogens (tertiary/aromatic N) is 1. The number of ether oxygens (including phenoxy) is 8. The summed E-state index contributed by atoms with van der Waals surface area (Å²) in [5, 5.41) is 120. The van der Waals surface area contributed by atoms with E-state index in [2.05, 4.69) is 21.3 Å². The van der Waals surface area contributed by atoms with Crippen LogP contribution in [-0.2, 0) is 37.9 Å². The molecule has 20 atom stereocenters. The summed E-state index contributed by atoms with van der Waals surface area (Å²) in [6.45, 7) is -0.0669. The Morgan fingerprint density at radius 1 is 0.484 bits per heavy atom. The van der Waals surface area contributed by atoms with Crippen LogP contribution in [-0.4, -0.2) is 237 Å². The maximum Gasteiger partial charge on any atom is 0.186 e. The van der Waals surface area contributed by atoms with Gasteiger partial charge in [-0.25, -0.2) is 0 Å². The predicted molar refractivity (Wildman–Crippen MR) is 218 cm³/mol. The molecule has 0 aromatic rings. The van der Waals surface area contributed by atoms with Gasteiger partial charge < -0.3 is 110 Å². The van der Waals surface area contributed by atoms with Crippen molar-refractivity contribution in [3.05, 3.63) is 0 Å². The quantitative estimate of drug-likeness (QED) is 0.0716. The Labute approximate surface area is 369 Å². The van der Waals surface area contributed by atoms with E-state index in [1.807, 2.05) is 4.90 Å². The molecule has 12 fully saturated rings. The summed E-state index contributed by atoms with van der Waals surface area (Å²) in [7, 11) is 1.80. The van der Waals surface area contributed by atoms with Crippen LogP contribution < -0.4 is 21.3 Å². The minimum atomic E-state index is -1.55. The van der Waals surface area contributed by atoms with E-state index in [0.717, 1.165) is 0 Å². The lowest BCUT2D eigenvalue weighted by atomic mass is 9.84. The Morgan fingerprint density at radius 2 is 0.855 bits per heavy atom. The van der Waals surface area contributed by atoms with Gasteiger partial charge in [-0.3, -0.25) is 4.90 Å². The van der Waals surface area contributed by atoms with E-state index in [4.69, 9.17) is 62.3 Å². The van der Waals surface area contributed by atoms with Crippen LogP contribution in [0, 0.1) is 11.8 Å². The number of hydrogen-bond acceptors (Lipinski definition) is 21. The van der Waals surface area contributed by atoms with Gasteiger partial charge in [0.2, 0.25) is 0 Å². The second kappa shape index (κ2) is 23.4. The van der Waals surface area contributed by atoms with Gasteiger partial charge in [-0.1, -0.05) is 12.8 Å². The molecule has 14 N–H and O–H groups in total. The molecule has 12 saturated heterocycles. The molecular formula is C37H65N5O18S2. The molecule has 62 heavy (non-hydrogen) atoms. The second-order valence-electron chi connectivity index (χ2n) is 16.7. The fourth-order valence-corrected chi connectivity index (χ4v) is 8.98. The zero-order valence-electron chi connectivity index (χ0n) is 34.4. The average Bonchev–Trinajstić information content (AvgIpc) is 3.26. The Hall–Kier alpha value is -1.38. The summed E-state index contributed by atoms with van der Waals surface area (Å²) in [5.74, 6) is -1.05. The number of nitrogens with one attached hydrogen (secondary N) is 4. The molecule has 0 aromatic carbocycles. The molecule has 0 amide bonds. The van der Waals surface area contributed by atoms with Crippen molar-refractivity contribution in [3.8, 4) is 0 Å². The number of aliphatic hydroxyl groups excluding tert-OH is 10. The van der Waals surface area contributed by atoms with Crippen LogP contribution in [0.3, 0.4) is 0 Å². The molecule has 16 unspecified atom stereocenters. The SMILES string of the molecule is CN(CNC(=S)NCC1O[C@H]2OC3C(CO)O[C@@H](OCCCCC1C(O)C2O)C(O)C3O)CNC(=S)NCC1O[C@H]2OC3C(CO)O[C@@H](OCCCCC1C(O)C2O)C(O)C3O. The number of hydrogen-bond donors (Lipinski definition) is 14. The Kier molecular flexibility index (Phi) is 18.9. The van der Waals surface area contributed by atoms with E-state index in [1.54, 1.807) is 7.05 Å². The van der Waals surface area contributed by atoms with Gasteiger partial charge in [0.25, 0.3) is 0 Å². The third-order valence-electron chi connectivity index (χ3n) is 12.3. The highest BCUT2D eigenvalue weighted by Crippen LogP contribution is 2.36. The van der Waals surface area contributed by atoms with Crippen molar-refractivity contribution in [3.63, 3.8) is 0 Å². The van der Waals surface area contributed by atoms with E-state index in [9.17, 15) is 51.1 Å². The molecule has 0 spiro atoms. The second-order valence-corrected chi connectivity index (χ2v) is 17.5. The first kappa shape index (κ1) is 50.0. The van der Waals surface area contributed by atoms with Crippen LogP contribution in [0.2, 0.25) is 0 Å². The third-order valence-corrected chi connectivity index (χ3v) is 12.9. The number of thiocarbonyl (C=S) groups is 2. The molecule has 0 radical (unpaired) electrons. The first-order valence-electron chi connectivity index (χ1n) is 21.3. The highest BCUT2D eigenvalue weighted by atomic mass is 32.1. The number of rotatable bonds is 10. The van der Waals surface area contributed by atoms with Crippen molar-refractivity contribution >= 4 is 34.7 Å². The van der Waals surface area contributed by atoms with Crippen molar-refractivity contribution < 1.29 is 89.0 Å². The summed E-state index contributed by atoms with van der Waals surface area (Å²) in [6, 6.07) is 0. The molecule has 0 aliphatic carbocycles. The molecule has 12 heterocycles. The zero-order valence-corrected chi connectivity index (χ0v) is 36.1. The lowest BCUT2D eigenvalue weighted by Gasteiger charge is -2.47. The highest BCUT2D eigenvalue weighted by molar-refractivity contribution is 7.80. The lowest BCUT2D eigenvalue weighted by Crippen LogP contribution is -2.64. The van der Waals surface area contributed by atoms with E-state index >= 15 is 0 Å². The topological polar surface area (TPSA) is 328 Å². The van der Waals surface area contributed by atoms with Crippen molar-refractivity contribution in [1.29, 1.82) is 0 Å². The Balaban J connectivity index is 0.970. The average molecular weight is 932 g/mol. The number of aliphatic hydroxyl groups is 10. The summed E-state index contributed by atoms with van der Waals surface area (Å²) in [5.41, 5.74) is 0. The van der Waals surface area contributed by atoms with Gasteiger partial charge in [-0.05, 0) is 57.2 Å². The lowest BCUT2D eigenvalue weighted by molar-refractivity contribution is -0.355. The van der Waals surface area contributed by atoms with E-state index in [-0.39, 0.29) is 49.9 Å². The standard InChI is InChI=1S/C37H65N5O18S2/c1-42(14-40-36(61)38-10-18-16-6-2-4-8-53-32-28(51)24(47)30(20(12-43)57-32)59-34(55-18)26(49)22(16)45)15-41-37(62)39-11-19-17-7-3-5-9-54-33-29(52)25(48)31(21(13-44)58-33)60-35(56-19)27(50)23(17)46/h16-35,43-52H,2-15H2,1H3,(H2,38,40,61)(H2,39,41,62)/t16?,17?,18?,19?,20?,21?,22?,23?,24?,25?,26?,27?,28?,29?,30?,31?,32-,33-,34+,35+/m1/s1. The van der Waals surface area contributed by atoms with Crippen LogP contribution in [0.25, 0.3) is 0 Å². The van der Waals surface area contributed by atoms with Crippen molar-refractivity contribution in [2.45, 2.75) is 149 Å². The zero-order chi connectivity index (χ0) is 44.7. The van der Waals surface area contributed by atoms with Crippen molar-refractivity contribution in [2.75, 3.05) is 59.9 Å². The van der Waals surface area contributed by atoms with Crippen LogP contribution in [0.5, 0.6) is 0 Å². The van der Waals surface area contributed by atoms with Gasteiger partial charge in [-0.15, -0.1) is 0 Å². The molecule has 358 valence electrons. The maximum absolute atomic E-state index is 11.2. The van der Waals surface area contributed by atoms with E-state index in [0.29, 0.717) is 38.5 Å². The molecule has 0 aromatic heterocycles. The van der Waals surface area contributed by atoms with E-state index in [1.165, 1.54) is 0 Å². The fraction of sp³-hybridized carbons (Fsp3) is 0.946. The van der Waals surface area contributed by atoms with Crippen LogP contribution in [0.1, 0.15) is 38.5 Å². The minimum Gasteiger partial charge on any atom is -0.394 e. The van der Waals surface area contributed by atoms with Crippen LogP contribution >= 0.6 is 24.4 Å². The van der Waals surface area contributed by atoms with Gasteiger partial charge >= 0.3 is 0 Å².